The molecular formula is C13H13BN2O2. The fraction of sp³-hybridized carbons (Fsp3) is 0.231. The number of hydrogen-bond acceptors (Lipinski definition) is 3. The van der Waals surface area contributed by atoms with E-state index in [1.807, 2.05) is 24.3 Å². The summed E-state index contributed by atoms with van der Waals surface area (Å²) < 4.78 is 6.72. The Morgan fingerprint density at radius 1 is 1.39 bits per heavy atom. The summed E-state index contributed by atoms with van der Waals surface area (Å²) in [4.78, 5) is 15.6. The van der Waals surface area contributed by atoms with Crippen molar-refractivity contribution in [3.05, 3.63) is 48.0 Å². The quantitative estimate of drug-likeness (QED) is 0.589. The lowest BCUT2D eigenvalue weighted by molar-refractivity contribution is 0.0514. The van der Waals surface area contributed by atoms with Crippen molar-refractivity contribution in [2.24, 2.45) is 0 Å². The van der Waals surface area contributed by atoms with E-state index in [1.165, 1.54) is 6.20 Å². The Kier molecular flexibility index (Phi) is 3.82. The molecule has 0 N–H and O–H groups in total. The van der Waals surface area contributed by atoms with Gasteiger partial charge >= 0.3 is 5.97 Å². The summed E-state index contributed by atoms with van der Waals surface area (Å²) in [5.41, 5.74) is 2.22. The maximum absolute atomic E-state index is 11.7. The fourth-order valence-electron chi connectivity index (χ4n) is 1.64. The van der Waals surface area contributed by atoms with Crippen molar-refractivity contribution in [2.45, 2.75) is 13.5 Å². The monoisotopic (exact) mass is 240 g/mol. The minimum atomic E-state index is -0.356. The normalized spacial score (nSPS) is 10.3. The first-order valence-electron chi connectivity index (χ1n) is 5.72. The molecule has 1 aromatic carbocycles. The molecule has 1 aromatic heterocycles. The first-order valence-corrected chi connectivity index (χ1v) is 5.72. The van der Waals surface area contributed by atoms with Crippen LogP contribution in [0.2, 0.25) is 0 Å². The van der Waals surface area contributed by atoms with Crippen LogP contribution in [0.5, 0.6) is 0 Å². The zero-order valence-electron chi connectivity index (χ0n) is 10.2. The molecule has 0 spiro atoms. The van der Waals surface area contributed by atoms with Crippen LogP contribution in [-0.4, -0.2) is 30.0 Å². The van der Waals surface area contributed by atoms with Gasteiger partial charge in [0.05, 0.1) is 19.1 Å². The highest BCUT2D eigenvalue weighted by molar-refractivity contribution is 6.32. The summed E-state index contributed by atoms with van der Waals surface area (Å²) in [6, 6.07) is 7.50. The molecule has 0 bridgehead atoms. The summed E-state index contributed by atoms with van der Waals surface area (Å²) >= 11 is 0. The molecule has 0 fully saturated rings. The minimum absolute atomic E-state index is 0.353. The van der Waals surface area contributed by atoms with E-state index in [-0.39, 0.29) is 5.97 Å². The smallest absolute Gasteiger partial charge is 0.356 e. The van der Waals surface area contributed by atoms with Crippen LogP contribution < -0.4 is 5.46 Å². The number of nitrogens with zero attached hydrogens (tertiary/aromatic N) is 2. The van der Waals surface area contributed by atoms with Crippen LogP contribution in [0, 0.1) is 0 Å². The Morgan fingerprint density at radius 3 is 2.78 bits per heavy atom. The van der Waals surface area contributed by atoms with Gasteiger partial charge in [0.1, 0.15) is 13.5 Å². The molecule has 0 saturated heterocycles. The average Bonchev–Trinajstić information content (AvgIpc) is 2.81. The molecule has 0 aliphatic carbocycles. The molecule has 5 heteroatoms. The second kappa shape index (κ2) is 5.53. The van der Waals surface area contributed by atoms with Crippen molar-refractivity contribution >= 4 is 19.3 Å². The van der Waals surface area contributed by atoms with Crippen LogP contribution >= 0.6 is 0 Å². The van der Waals surface area contributed by atoms with Gasteiger partial charge in [-0.15, -0.1) is 0 Å². The van der Waals surface area contributed by atoms with Gasteiger partial charge in [-0.2, -0.15) is 0 Å². The maximum Gasteiger partial charge on any atom is 0.356 e. The lowest BCUT2D eigenvalue weighted by atomic mass is 9.95. The van der Waals surface area contributed by atoms with Gasteiger partial charge in [0.2, 0.25) is 0 Å². The first-order chi connectivity index (χ1) is 8.70. The van der Waals surface area contributed by atoms with E-state index in [2.05, 4.69) is 4.98 Å². The van der Waals surface area contributed by atoms with E-state index in [1.54, 1.807) is 17.8 Å². The van der Waals surface area contributed by atoms with Gasteiger partial charge in [-0.05, 0) is 12.5 Å². The lowest BCUT2D eigenvalue weighted by Crippen LogP contribution is -2.12. The highest BCUT2D eigenvalue weighted by atomic mass is 16.5. The van der Waals surface area contributed by atoms with Crippen LogP contribution in [-0.2, 0) is 11.3 Å². The van der Waals surface area contributed by atoms with Crippen LogP contribution in [0.3, 0.4) is 0 Å². The van der Waals surface area contributed by atoms with Gasteiger partial charge in [-0.25, -0.2) is 9.78 Å². The van der Waals surface area contributed by atoms with Crippen LogP contribution in [0.15, 0.2) is 36.8 Å². The third-order valence-electron chi connectivity index (χ3n) is 2.53. The molecule has 2 rings (SSSR count). The largest absolute Gasteiger partial charge is 0.461 e. The van der Waals surface area contributed by atoms with E-state index < -0.39 is 0 Å². The van der Waals surface area contributed by atoms with E-state index in [9.17, 15) is 4.79 Å². The fourth-order valence-corrected chi connectivity index (χ4v) is 1.64. The number of esters is 1. The van der Waals surface area contributed by atoms with Gasteiger partial charge in [-0.1, -0.05) is 29.7 Å². The van der Waals surface area contributed by atoms with Crippen molar-refractivity contribution in [3.8, 4) is 0 Å². The van der Waals surface area contributed by atoms with Crippen molar-refractivity contribution in [3.63, 3.8) is 0 Å². The molecule has 18 heavy (non-hydrogen) atoms. The summed E-state index contributed by atoms with van der Waals surface area (Å²) in [5, 5.41) is 0. The number of aromatic nitrogens is 2. The van der Waals surface area contributed by atoms with Crippen molar-refractivity contribution < 1.29 is 9.53 Å². The highest BCUT2D eigenvalue weighted by Crippen LogP contribution is 2.06. The molecule has 0 amide bonds. The Morgan fingerprint density at radius 2 is 2.11 bits per heavy atom. The second-order valence-electron chi connectivity index (χ2n) is 3.87. The van der Waals surface area contributed by atoms with Crippen molar-refractivity contribution in [1.82, 2.24) is 9.55 Å². The number of ether oxygens (including phenoxy) is 1. The van der Waals surface area contributed by atoms with Crippen molar-refractivity contribution in [2.75, 3.05) is 6.61 Å². The Bertz CT molecular complexity index is 534. The van der Waals surface area contributed by atoms with Gasteiger partial charge in [0.15, 0.2) is 0 Å². The number of rotatable bonds is 4. The SMILES string of the molecule is [B]c1ccc(Cn2cncc2C(=O)OCC)cc1. The topological polar surface area (TPSA) is 44.1 Å². The molecule has 0 unspecified atom stereocenters. The molecule has 0 atom stereocenters. The van der Waals surface area contributed by atoms with Gasteiger partial charge in [0.25, 0.3) is 0 Å². The maximum atomic E-state index is 11.7. The summed E-state index contributed by atoms with van der Waals surface area (Å²) in [6.45, 7) is 2.69. The van der Waals surface area contributed by atoms with Crippen LogP contribution in [0.1, 0.15) is 23.0 Å². The highest BCUT2D eigenvalue weighted by Gasteiger charge is 2.12. The third kappa shape index (κ3) is 2.80. The standard InChI is InChI=1S/C13H13BN2O2/c1-2-18-13(17)12-7-15-9-16(12)8-10-3-5-11(14)6-4-10/h3-7,9H,2,8H2,1H3. The van der Waals surface area contributed by atoms with Gasteiger partial charge in [-0.3, -0.25) is 0 Å². The molecule has 2 radical (unpaired) electrons. The molecule has 0 saturated carbocycles. The average molecular weight is 240 g/mol. The third-order valence-corrected chi connectivity index (χ3v) is 2.53. The Hall–Kier alpha value is -2.04. The molecule has 1 heterocycles. The number of benzene rings is 1. The minimum Gasteiger partial charge on any atom is -0.461 e. The zero-order valence-corrected chi connectivity index (χ0v) is 10.2. The second-order valence-corrected chi connectivity index (χ2v) is 3.87. The number of imidazole rings is 1. The van der Waals surface area contributed by atoms with Crippen LogP contribution in [0.25, 0.3) is 0 Å². The lowest BCUT2D eigenvalue weighted by Gasteiger charge is -2.07. The Labute approximate surface area is 107 Å². The van der Waals surface area contributed by atoms with Crippen LogP contribution in [0.4, 0.5) is 0 Å². The first kappa shape index (κ1) is 12.4. The van der Waals surface area contributed by atoms with Gasteiger partial charge < -0.3 is 9.30 Å². The van der Waals surface area contributed by atoms with E-state index in [0.717, 1.165) is 11.0 Å². The van der Waals surface area contributed by atoms with Gasteiger partial charge in [0, 0.05) is 6.54 Å². The van der Waals surface area contributed by atoms with E-state index in [4.69, 9.17) is 12.6 Å². The zero-order chi connectivity index (χ0) is 13.0. The molecule has 0 aliphatic heterocycles. The number of carbonyl (C=O) groups excluding carboxylic acids is 1. The molecule has 2 aromatic rings. The summed E-state index contributed by atoms with van der Waals surface area (Å²) in [7, 11) is 5.62. The number of hydrogen-bond donors (Lipinski definition) is 0. The summed E-state index contributed by atoms with van der Waals surface area (Å²) in [6.07, 6.45) is 3.12. The molecule has 0 aliphatic rings. The van der Waals surface area contributed by atoms with E-state index >= 15 is 0 Å². The molecule has 90 valence electrons. The predicted octanol–water partition coefficient (Wildman–Crippen LogP) is 0.902. The van der Waals surface area contributed by atoms with E-state index in [0.29, 0.717) is 18.8 Å². The molecular weight excluding hydrogens is 227 g/mol. The Balaban J connectivity index is 2.17. The molecule has 4 nitrogen and oxygen atoms in total. The van der Waals surface area contributed by atoms with Crippen molar-refractivity contribution in [1.29, 1.82) is 0 Å². The number of carbonyl (C=O) groups is 1. The summed E-state index contributed by atoms with van der Waals surface area (Å²) in [5.74, 6) is -0.356. The predicted molar refractivity (Wildman–Crippen MR) is 69.1 cm³/mol.